The molecule has 0 bridgehead atoms. The molecule has 14 heteroatoms. The average Bonchev–Trinajstić information content (AvgIpc) is 2.81. The van der Waals surface area contributed by atoms with Gasteiger partial charge in [0.15, 0.2) is 6.29 Å². The van der Waals surface area contributed by atoms with Crippen LogP contribution < -0.4 is 27.4 Å². The molecule has 0 aliphatic carbocycles. The SMILES string of the molecule is C.CCCNC(=O)CC[C@@H](NC(=O)[C@H](C)NC(=O)[C@@H](C)O[C@H]1C(O)C(CO)OC(O)[C@H]1CN)C(N)=O. The van der Waals surface area contributed by atoms with Gasteiger partial charge < -0.3 is 52.2 Å². The summed E-state index contributed by atoms with van der Waals surface area (Å²) < 4.78 is 10.7. The molecule has 36 heavy (non-hydrogen) atoms. The van der Waals surface area contributed by atoms with E-state index in [0.717, 1.165) is 6.42 Å². The van der Waals surface area contributed by atoms with Gasteiger partial charge in [0.2, 0.25) is 23.6 Å². The minimum Gasteiger partial charge on any atom is -0.394 e. The summed E-state index contributed by atoms with van der Waals surface area (Å²) in [5, 5.41) is 37.3. The fourth-order valence-electron chi connectivity index (χ4n) is 3.47. The van der Waals surface area contributed by atoms with Gasteiger partial charge in [0.25, 0.3) is 0 Å². The van der Waals surface area contributed by atoms with E-state index in [9.17, 15) is 34.5 Å². The van der Waals surface area contributed by atoms with Crippen molar-refractivity contribution in [1.29, 1.82) is 0 Å². The molecule has 0 aromatic carbocycles. The Morgan fingerprint density at radius 1 is 1.11 bits per heavy atom. The third-order valence-corrected chi connectivity index (χ3v) is 5.65. The monoisotopic (exact) mass is 521 g/mol. The maximum atomic E-state index is 12.6. The molecule has 1 aliphatic rings. The van der Waals surface area contributed by atoms with Crippen molar-refractivity contribution < 1.29 is 44.0 Å². The highest BCUT2D eigenvalue weighted by Crippen LogP contribution is 2.27. The molecule has 8 atom stereocenters. The molecule has 1 heterocycles. The Balaban J connectivity index is 0.0000122. The van der Waals surface area contributed by atoms with Gasteiger partial charge in [-0.1, -0.05) is 14.4 Å². The molecule has 14 nitrogen and oxygen atoms in total. The first-order valence-electron chi connectivity index (χ1n) is 11.6. The molecule has 1 fully saturated rings. The first-order valence-corrected chi connectivity index (χ1v) is 11.6. The fraction of sp³-hybridized carbons (Fsp3) is 0.818. The van der Waals surface area contributed by atoms with Crippen molar-refractivity contribution in [3.63, 3.8) is 0 Å². The summed E-state index contributed by atoms with van der Waals surface area (Å²) in [4.78, 5) is 48.5. The number of carbonyl (C=O) groups excluding carboxylic acids is 4. The van der Waals surface area contributed by atoms with E-state index in [1.165, 1.54) is 13.8 Å². The van der Waals surface area contributed by atoms with Gasteiger partial charge in [-0.25, -0.2) is 0 Å². The number of nitrogens with one attached hydrogen (secondary N) is 3. The van der Waals surface area contributed by atoms with Gasteiger partial charge in [-0.2, -0.15) is 0 Å². The van der Waals surface area contributed by atoms with Crippen LogP contribution in [0.15, 0.2) is 0 Å². The Bertz CT molecular complexity index is 726. The molecule has 1 aliphatic heterocycles. The Morgan fingerprint density at radius 2 is 1.75 bits per heavy atom. The summed E-state index contributed by atoms with van der Waals surface area (Å²) in [7, 11) is 0. The maximum Gasteiger partial charge on any atom is 0.249 e. The fourth-order valence-corrected chi connectivity index (χ4v) is 3.47. The zero-order valence-electron chi connectivity index (χ0n) is 20.3. The van der Waals surface area contributed by atoms with Crippen molar-refractivity contribution in [2.24, 2.45) is 17.4 Å². The molecule has 0 aromatic rings. The van der Waals surface area contributed by atoms with E-state index < -0.39 is 73.0 Å². The second kappa shape index (κ2) is 16.4. The van der Waals surface area contributed by atoms with Gasteiger partial charge in [0, 0.05) is 19.5 Å². The van der Waals surface area contributed by atoms with Crippen LogP contribution >= 0.6 is 0 Å². The molecule has 0 radical (unpaired) electrons. The lowest BCUT2D eigenvalue weighted by Crippen LogP contribution is -2.60. The van der Waals surface area contributed by atoms with Crippen LogP contribution in [-0.4, -0.2) is 101 Å². The van der Waals surface area contributed by atoms with Crippen LogP contribution in [0.1, 0.15) is 47.5 Å². The zero-order chi connectivity index (χ0) is 26.7. The van der Waals surface area contributed by atoms with Crippen LogP contribution in [-0.2, 0) is 28.7 Å². The first kappa shape index (κ1) is 33.6. The van der Waals surface area contributed by atoms with Gasteiger partial charge in [0.05, 0.1) is 18.6 Å². The molecule has 1 saturated heterocycles. The van der Waals surface area contributed by atoms with Crippen molar-refractivity contribution in [1.82, 2.24) is 16.0 Å². The van der Waals surface area contributed by atoms with E-state index in [0.29, 0.717) is 6.54 Å². The summed E-state index contributed by atoms with van der Waals surface area (Å²) in [6.45, 7) is 4.42. The molecule has 0 spiro atoms. The molecule has 10 N–H and O–H groups in total. The van der Waals surface area contributed by atoms with E-state index >= 15 is 0 Å². The van der Waals surface area contributed by atoms with Crippen LogP contribution in [0, 0.1) is 5.92 Å². The second-order valence-corrected chi connectivity index (χ2v) is 8.46. The third kappa shape index (κ3) is 9.95. The summed E-state index contributed by atoms with van der Waals surface area (Å²) >= 11 is 0. The molecule has 4 amide bonds. The molecular formula is C22H43N5O9. The van der Waals surface area contributed by atoms with Gasteiger partial charge in [-0.3, -0.25) is 19.2 Å². The van der Waals surface area contributed by atoms with Crippen LogP contribution in [0.25, 0.3) is 0 Å². The lowest BCUT2D eigenvalue weighted by Gasteiger charge is -2.42. The Morgan fingerprint density at radius 3 is 2.28 bits per heavy atom. The number of aliphatic hydroxyl groups excluding tert-OH is 3. The highest BCUT2D eigenvalue weighted by Gasteiger charge is 2.45. The first-order chi connectivity index (χ1) is 16.5. The van der Waals surface area contributed by atoms with Gasteiger partial charge in [0.1, 0.15) is 30.4 Å². The van der Waals surface area contributed by atoms with E-state index in [1.54, 1.807) is 0 Å². The Kier molecular flexibility index (Phi) is 15.3. The van der Waals surface area contributed by atoms with Crippen LogP contribution in [0.3, 0.4) is 0 Å². The Hall–Kier alpha value is -2.36. The predicted molar refractivity (Wildman–Crippen MR) is 129 cm³/mol. The standard InChI is InChI=1S/C21H39N5O9.CH4/c1-4-7-24-15(28)6-5-13(18(23)30)26-19(31)10(2)25-20(32)11(3)34-17-12(8-22)21(33)35-14(9-27)16(17)29;/h10-14,16-17,21,27,29,33H,4-9,22H2,1-3H3,(H2,23,30)(H,24,28)(H,25,32)(H,26,31);1H4/t10-,11+,12-,13+,14?,16?,17+,21?;/m0./s1. The topological polar surface area (TPSA) is 236 Å². The summed E-state index contributed by atoms with van der Waals surface area (Å²) in [6.07, 6.45) is -5.49. The van der Waals surface area contributed by atoms with Crippen molar-refractivity contribution in [2.75, 3.05) is 19.7 Å². The largest absolute Gasteiger partial charge is 0.394 e. The number of hydrogen-bond acceptors (Lipinski definition) is 10. The average molecular weight is 522 g/mol. The van der Waals surface area contributed by atoms with E-state index in [-0.39, 0.29) is 32.7 Å². The van der Waals surface area contributed by atoms with Crippen molar-refractivity contribution in [2.45, 2.75) is 90.2 Å². The predicted octanol–water partition coefficient (Wildman–Crippen LogP) is -3.18. The van der Waals surface area contributed by atoms with Gasteiger partial charge in [-0.15, -0.1) is 0 Å². The number of hydrogen-bond donors (Lipinski definition) is 8. The summed E-state index contributed by atoms with van der Waals surface area (Å²) in [6, 6.07) is -2.20. The third-order valence-electron chi connectivity index (χ3n) is 5.65. The smallest absolute Gasteiger partial charge is 0.249 e. The number of rotatable bonds is 14. The molecule has 0 saturated carbocycles. The van der Waals surface area contributed by atoms with Gasteiger partial charge >= 0.3 is 0 Å². The lowest BCUT2D eigenvalue weighted by atomic mass is 9.90. The highest BCUT2D eigenvalue weighted by molar-refractivity contribution is 5.92. The number of amides is 4. The molecule has 210 valence electrons. The Labute approximate surface area is 211 Å². The molecule has 1 rings (SSSR count). The molecule has 3 unspecified atom stereocenters. The van der Waals surface area contributed by atoms with Crippen molar-refractivity contribution in [3.05, 3.63) is 0 Å². The summed E-state index contributed by atoms with van der Waals surface area (Å²) in [5.74, 6) is -3.39. The van der Waals surface area contributed by atoms with Crippen molar-refractivity contribution >= 4 is 23.6 Å². The lowest BCUT2D eigenvalue weighted by molar-refractivity contribution is -0.280. The van der Waals surface area contributed by atoms with Crippen molar-refractivity contribution in [3.8, 4) is 0 Å². The van der Waals surface area contributed by atoms with Gasteiger partial charge in [-0.05, 0) is 26.7 Å². The number of aliphatic hydroxyl groups is 3. The summed E-state index contributed by atoms with van der Waals surface area (Å²) in [5.41, 5.74) is 11.0. The van der Waals surface area contributed by atoms with Crippen LogP contribution in [0.4, 0.5) is 0 Å². The normalized spacial score (nSPS) is 26.0. The highest BCUT2D eigenvalue weighted by atomic mass is 16.6. The van der Waals surface area contributed by atoms with E-state index in [1.807, 2.05) is 6.92 Å². The quantitative estimate of drug-likeness (QED) is 0.114. The zero-order valence-corrected chi connectivity index (χ0v) is 20.3. The number of carbonyl (C=O) groups is 4. The number of ether oxygens (including phenoxy) is 2. The van der Waals surface area contributed by atoms with Crippen LogP contribution in [0.2, 0.25) is 0 Å². The van der Waals surface area contributed by atoms with E-state index in [4.69, 9.17) is 20.9 Å². The maximum absolute atomic E-state index is 12.6. The minimum atomic E-state index is -1.42. The van der Waals surface area contributed by atoms with Crippen LogP contribution in [0.5, 0.6) is 0 Å². The molecular weight excluding hydrogens is 478 g/mol. The minimum absolute atomic E-state index is 0. The number of primary amides is 1. The van der Waals surface area contributed by atoms with E-state index in [2.05, 4.69) is 16.0 Å². The second-order valence-electron chi connectivity index (χ2n) is 8.46. The molecule has 0 aromatic heterocycles. The number of nitrogens with two attached hydrogens (primary N) is 2.